The van der Waals surface area contributed by atoms with Crippen LogP contribution in [0.4, 0.5) is 0 Å². The third-order valence-corrected chi connectivity index (χ3v) is 10.5. The Bertz CT molecular complexity index is 1090. The van der Waals surface area contributed by atoms with Crippen molar-refractivity contribution in [2.24, 2.45) is 0 Å². The van der Waals surface area contributed by atoms with E-state index >= 15 is 0 Å². The lowest BCUT2D eigenvalue weighted by Crippen LogP contribution is -1.82. The first-order chi connectivity index (χ1) is 14.3. The first kappa shape index (κ1) is 19.5. The summed E-state index contributed by atoms with van der Waals surface area (Å²) in [6.07, 6.45) is 0. The number of thioether (sulfide) groups is 5. The van der Waals surface area contributed by atoms with Gasteiger partial charge in [0.05, 0.1) is 12.7 Å². The molecule has 0 spiro atoms. The highest BCUT2D eigenvalue weighted by Crippen LogP contribution is 2.55. The van der Waals surface area contributed by atoms with Gasteiger partial charge in [-0.25, -0.2) is 0 Å². The predicted octanol–water partition coefficient (Wildman–Crippen LogP) is 7.99. The maximum atomic E-state index is 5.84. The molecule has 3 heterocycles. The van der Waals surface area contributed by atoms with Crippen molar-refractivity contribution >= 4 is 58.8 Å². The minimum absolute atomic E-state index is 0.543. The molecule has 0 fully saturated rings. The standard InChI is InChI=1S/C21H14N2OS5/c1-2-4-15(5-3-1)18-22-23-19(24-18)16-8-6-14(7-9-16)12-27-17-13-28-21(29-17)20-25-10-11-26-20/h1-11,13H,12H2. The maximum Gasteiger partial charge on any atom is 0.248 e. The molecule has 0 radical (unpaired) electrons. The van der Waals surface area contributed by atoms with Gasteiger partial charge in [0.2, 0.25) is 11.8 Å². The SMILES string of the molecule is C1=CSC(=C2SC=C(SCc3ccc(-c4nnc(-c5ccccc5)o4)cc3)S2)S1. The molecule has 0 aliphatic carbocycles. The molecule has 0 saturated carbocycles. The Balaban J connectivity index is 1.20. The van der Waals surface area contributed by atoms with Gasteiger partial charge in [-0.15, -0.1) is 22.0 Å². The van der Waals surface area contributed by atoms with E-state index in [4.69, 9.17) is 4.42 Å². The second kappa shape index (κ2) is 9.14. The zero-order chi connectivity index (χ0) is 19.5. The number of hydrogen-bond acceptors (Lipinski definition) is 8. The Hall–Kier alpha value is -1.45. The lowest BCUT2D eigenvalue weighted by atomic mass is 10.1. The van der Waals surface area contributed by atoms with Crippen molar-refractivity contribution in [3.8, 4) is 22.9 Å². The molecule has 5 rings (SSSR count). The van der Waals surface area contributed by atoms with Crippen LogP contribution in [0.3, 0.4) is 0 Å². The number of hydrogen-bond donors (Lipinski definition) is 0. The average Bonchev–Trinajstić information content (AvgIpc) is 3.55. The van der Waals surface area contributed by atoms with Crippen LogP contribution in [-0.4, -0.2) is 10.2 Å². The fourth-order valence-corrected chi connectivity index (χ4v) is 8.44. The molecule has 2 aliphatic rings. The summed E-state index contributed by atoms with van der Waals surface area (Å²) in [4.78, 5) is 0. The van der Waals surface area contributed by atoms with Gasteiger partial charge in [-0.2, -0.15) is 0 Å². The molecule has 1 aromatic heterocycles. The monoisotopic (exact) mass is 470 g/mol. The van der Waals surface area contributed by atoms with Crippen LogP contribution >= 0.6 is 58.8 Å². The molecule has 0 atom stereocenters. The number of aromatic nitrogens is 2. The van der Waals surface area contributed by atoms with Crippen LogP contribution in [0.15, 0.2) is 88.0 Å². The summed E-state index contributed by atoms with van der Waals surface area (Å²) in [7, 11) is 0. The average molecular weight is 471 g/mol. The highest BCUT2D eigenvalue weighted by atomic mass is 32.2. The highest BCUT2D eigenvalue weighted by molar-refractivity contribution is 8.37. The topological polar surface area (TPSA) is 38.9 Å². The summed E-state index contributed by atoms with van der Waals surface area (Å²) in [6.45, 7) is 0. The first-order valence-corrected chi connectivity index (χ1v) is 13.2. The summed E-state index contributed by atoms with van der Waals surface area (Å²) in [5.74, 6) is 2.03. The zero-order valence-corrected chi connectivity index (χ0v) is 19.1. The van der Waals surface area contributed by atoms with Crippen LogP contribution in [0.2, 0.25) is 0 Å². The molecule has 2 aliphatic heterocycles. The van der Waals surface area contributed by atoms with Crippen LogP contribution in [-0.2, 0) is 5.75 Å². The molecule has 29 heavy (non-hydrogen) atoms. The second-order valence-electron chi connectivity index (χ2n) is 6.00. The molecular weight excluding hydrogens is 457 g/mol. The Kier molecular flexibility index (Phi) is 6.15. The number of rotatable bonds is 5. The van der Waals surface area contributed by atoms with Gasteiger partial charge in [-0.1, -0.05) is 77.4 Å². The molecule has 0 N–H and O–H groups in total. The van der Waals surface area contributed by atoms with E-state index in [2.05, 4.69) is 38.6 Å². The van der Waals surface area contributed by atoms with Gasteiger partial charge in [0.25, 0.3) is 0 Å². The van der Waals surface area contributed by atoms with Crippen molar-refractivity contribution in [1.82, 2.24) is 10.2 Å². The van der Waals surface area contributed by atoms with Gasteiger partial charge >= 0.3 is 0 Å². The summed E-state index contributed by atoms with van der Waals surface area (Å²) in [5, 5.41) is 14.9. The molecule has 0 amide bonds. The van der Waals surface area contributed by atoms with Gasteiger partial charge in [-0.05, 0) is 46.1 Å². The summed E-state index contributed by atoms with van der Waals surface area (Å²) in [5.41, 5.74) is 3.15. The van der Waals surface area contributed by atoms with Gasteiger partial charge in [0.1, 0.15) is 0 Å². The van der Waals surface area contributed by atoms with Crippen molar-refractivity contribution in [1.29, 1.82) is 0 Å². The smallest absolute Gasteiger partial charge is 0.248 e. The van der Waals surface area contributed by atoms with E-state index in [0.717, 1.165) is 16.9 Å². The molecule has 0 unspecified atom stereocenters. The van der Waals surface area contributed by atoms with Crippen LogP contribution < -0.4 is 0 Å². The molecule has 2 aromatic carbocycles. The Morgan fingerprint density at radius 1 is 0.759 bits per heavy atom. The molecule has 3 nitrogen and oxygen atoms in total. The maximum absolute atomic E-state index is 5.84. The van der Waals surface area contributed by atoms with Gasteiger partial charge in [0, 0.05) is 16.9 Å². The summed E-state index contributed by atoms with van der Waals surface area (Å²) >= 11 is 9.22. The van der Waals surface area contributed by atoms with Crippen molar-refractivity contribution in [3.05, 3.63) is 89.1 Å². The Morgan fingerprint density at radius 3 is 2.17 bits per heavy atom. The molecule has 8 heteroatoms. The van der Waals surface area contributed by atoms with E-state index in [0.29, 0.717) is 11.8 Å². The van der Waals surface area contributed by atoms with E-state index in [1.54, 1.807) is 0 Å². The minimum atomic E-state index is 0.543. The van der Waals surface area contributed by atoms with Gasteiger partial charge in [-0.3, -0.25) is 0 Å². The lowest BCUT2D eigenvalue weighted by molar-refractivity contribution is 0.584. The van der Waals surface area contributed by atoms with Crippen LogP contribution in [0.5, 0.6) is 0 Å². The van der Waals surface area contributed by atoms with E-state index in [9.17, 15) is 0 Å². The van der Waals surface area contributed by atoms with Gasteiger partial charge < -0.3 is 4.42 Å². The zero-order valence-electron chi connectivity index (χ0n) is 15.0. The quantitative estimate of drug-likeness (QED) is 0.371. The highest BCUT2D eigenvalue weighted by Gasteiger charge is 2.19. The lowest BCUT2D eigenvalue weighted by Gasteiger charge is -2.04. The van der Waals surface area contributed by atoms with E-state index in [-0.39, 0.29) is 0 Å². The molecule has 3 aromatic rings. The fraction of sp³-hybridized carbons (Fsp3) is 0.0476. The molecule has 144 valence electrons. The van der Waals surface area contributed by atoms with Crippen molar-refractivity contribution in [2.45, 2.75) is 5.75 Å². The van der Waals surface area contributed by atoms with Crippen molar-refractivity contribution in [2.75, 3.05) is 0 Å². The third-order valence-electron chi connectivity index (χ3n) is 4.06. The van der Waals surface area contributed by atoms with E-state index in [1.807, 2.05) is 101 Å². The largest absolute Gasteiger partial charge is 0.416 e. The Labute approximate surface area is 190 Å². The normalized spacial score (nSPS) is 15.9. The van der Waals surface area contributed by atoms with Crippen molar-refractivity contribution in [3.63, 3.8) is 0 Å². The second-order valence-corrected chi connectivity index (χ2v) is 11.6. The summed E-state index contributed by atoms with van der Waals surface area (Å²) in [6, 6.07) is 18.2. The van der Waals surface area contributed by atoms with Crippen molar-refractivity contribution < 1.29 is 4.42 Å². The number of benzene rings is 2. The molecular formula is C21H14N2OS5. The first-order valence-electron chi connectivity index (χ1n) is 8.73. The third kappa shape index (κ3) is 4.67. The molecule has 0 bridgehead atoms. The molecule has 0 saturated heterocycles. The summed E-state index contributed by atoms with van der Waals surface area (Å²) < 4.78 is 9.99. The van der Waals surface area contributed by atoms with Crippen LogP contribution in [0.25, 0.3) is 22.9 Å². The van der Waals surface area contributed by atoms with E-state index < -0.39 is 0 Å². The van der Waals surface area contributed by atoms with Crippen LogP contribution in [0.1, 0.15) is 5.56 Å². The number of nitrogens with zero attached hydrogens (tertiary/aromatic N) is 2. The Morgan fingerprint density at radius 2 is 1.45 bits per heavy atom. The van der Waals surface area contributed by atoms with Crippen LogP contribution in [0, 0.1) is 0 Å². The minimum Gasteiger partial charge on any atom is -0.416 e. The van der Waals surface area contributed by atoms with E-state index in [1.165, 1.54) is 18.3 Å². The fourth-order valence-electron chi connectivity index (χ4n) is 2.63. The predicted molar refractivity (Wildman–Crippen MR) is 131 cm³/mol. The van der Waals surface area contributed by atoms with Gasteiger partial charge in [0.15, 0.2) is 0 Å².